The topological polar surface area (TPSA) is 49.8 Å². The molecule has 0 spiro atoms. The molecule has 1 amide bonds. The molecule has 98 valence electrons. The van der Waals surface area contributed by atoms with E-state index < -0.39 is 0 Å². The van der Waals surface area contributed by atoms with Gasteiger partial charge in [-0.25, -0.2) is 0 Å². The molecule has 4 nitrogen and oxygen atoms in total. The Morgan fingerprint density at radius 1 is 1.41 bits per heavy atom. The van der Waals surface area contributed by atoms with Crippen LogP contribution in [-0.4, -0.2) is 47.8 Å². The molecule has 0 aromatic rings. The number of rotatable bonds is 2. The van der Waals surface area contributed by atoms with Crippen molar-refractivity contribution in [3.63, 3.8) is 0 Å². The number of carbonyl (C=O) groups is 1. The van der Waals surface area contributed by atoms with Crippen LogP contribution in [0.4, 0.5) is 0 Å². The van der Waals surface area contributed by atoms with E-state index >= 15 is 0 Å². The molecule has 2 fully saturated rings. The van der Waals surface area contributed by atoms with Gasteiger partial charge < -0.3 is 14.7 Å². The fourth-order valence-corrected chi connectivity index (χ4v) is 3.17. The largest absolute Gasteiger partial charge is 0.393 e. The first-order valence-corrected chi connectivity index (χ1v) is 6.65. The van der Waals surface area contributed by atoms with Gasteiger partial charge in [0, 0.05) is 12.6 Å². The van der Waals surface area contributed by atoms with Crippen LogP contribution < -0.4 is 0 Å². The van der Waals surface area contributed by atoms with E-state index in [1.165, 1.54) is 0 Å². The molecule has 0 aromatic heterocycles. The number of aliphatic hydroxyl groups is 1. The summed E-state index contributed by atoms with van der Waals surface area (Å²) in [7, 11) is 0. The molecule has 1 saturated heterocycles. The van der Waals surface area contributed by atoms with Crippen molar-refractivity contribution in [2.24, 2.45) is 11.8 Å². The molecule has 3 unspecified atom stereocenters. The van der Waals surface area contributed by atoms with Crippen LogP contribution in [0.5, 0.6) is 0 Å². The van der Waals surface area contributed by atoms with Gasteiger partial charge in [0.25, 0.3) is 0 Å². The number of amides is 1. The zero-order valence-corrected chi connectivity index (χ0v) is 10.8. The molecule has 1 saturated carbocycles. The van der Waals surface area contributed by atoms with E-state index in [1.54, 1.807) is 0 Å². The van der Waals surface area contributed by atoms with E-state index in [4.69, 9.17) is 4.74 Å². The Hall–Kier alpha value is -0.610. The van der Waals surface area contributed by atoms with E-state index in [-0.39, 0.29) is 24.7 Å². The predicted octanol–water partition coefficient (Wildman–Crippen LogP) is 1.03. The third-order valence-corrected chi connectivity index (χ3v) is 4.12. The van der Waals surface area contributed by atoms with Crippen LogP contribution in [0, 0.1) is 11.8 Å². The van der Waals surface area contributed by atoms with Crippen molar-refractivity contribution in [2.45, 2.75) is 45.3 Å². The van der Waals surface area contributed by atoms with Gasteiger partial charge in [0.2, 0.25) is 5.91 Å². The van der Waals surface area contributed by atoms with E-state index in [2.05, 4.69) is 13.8 Å². The first kappa shape index (κ1) is 12.8. The summed E-state index contributed by atoms with van der Waals surface area (Å²) in [5, 5.41) is 9.83. The summed E-state index contributed by atoms with van der Waals surface area (Å²) < 4.78 is 5.17. The van der Waals surface area contributed by atoms with Crippen molar-refractivity contribution < 1.29 is 14.6 Å². The lowest BCUT2D eigenvalue weighted by atomic mass is 9.76. The molecule has 1 aliphatic carbocycles. The Bertz CT molecular complexity index is 280. The van der Waals surface area contributed by atoms with Crippen molar-refractivity contribution in [1.29, 1.82) is 0 Å². The maximum Gasteiger partial charge on any atom is 0.248 e. The molecule has 0 radical (unpaired) electrons. The zero-order valence-electron chi connectivity index (χ0n) is 10.8. The second-order valence-electron chi connectivity index (χ2n) is 5.58. The normalized spacial score (nSPS) is 35.4. The van der Waals surface area contributed by atoms with Crippen molar-refractivity contribution in [2.75, 3.05) is 19.8 Å². The number of ether oxygens (including phenoxy) is 1. The van der Waals surface area contributed by atoms with Crippen LogP contribution in [0.2, 0.25) is 0 Å². The summed E-state index contributed by atoms with van der Waals surface area (Å²) in [4.78, 5) is 13.8. The van der Waals surface area contributed by atoms with Crippen LogP contribution in [0.25, 0.3) is 0 Å². The molecule has 0 aromatic carbocycles. The van der Waals surface area contributed by atoms with Crippen molar-refractivity contribution >= 4 is 5.91 Å². The van der Waals surface area contributed by atoms with Crippen LogP contribution in [0.3, 0.4) is 0 Å². The highest BCUT2D eigenvalue weighted by Crippen LogP contribution is 2.34. The lowest BCUT2D eigenvalue weighted by Crippen LogP contribution is -2.54. The van der Waals surface area contributed by atoms with Gasteiger partial charge in [-0.2, -0.15) is 0 Å². The lowest BCUT2D eigenvalue weighted by molar-refractivity contribution is -0.150. The van der Waals surface area contributed by atoms with E-state index in [0.717, 1.165) is 19.3 Å². The van der Waals surface area contributed by atoms with Gasteiger partial charge in [-0.3, -0.25) is 4.79 Å². The first-order chi connectivity index (χ1) is 8.09. The number of hydrogen-bond acceptors (Lipinski definition) is 3. The minimum atomic E-state index is -0.245. The molecular formula is C13H23NO3. The summed E-state index contributed by atoms with van der Waals surface area (Å²) in [6, 6.07) is 0.204. The van der Waals surface area contributed by atoms with Gasteiger partial charge in [0.05, 0.1) is 12.7 Å². The Morgan fingerprint density at radius 3 is 2.82 bits per heavy atom. The second kappa shape index (κ2) is 5.36. The Morgan fingerprint density at radius 2 is 2.18 bits per heavy atom. The van der Waals surface area contributed by atoms with E-state index in [0.29, 0.717) is 25.0 Å². The Labute approximate surface area is 103 Å². The highest BCUT2D eigenvalue weighted by Gasteiger charge is 2.38. The average Bonchev–Trinajstić information content (AvgIpc) is 2.29. The van der Waals surface area contributed by atoms with Gasteiger partial charge in [0.1, 0.15) is 6.61 Å². The fourth-order valence-electron chi connectivity index (χ4n) is 3.17. The average molecular weight is 241 g/mol. The molecule has 1 N–H and O–H groups in total. The molecule has 0 bridgehead atoms. The number of carbonyl (C=O) groups excluding carboxylic acids is 1. The minimum absolute atomic E-state index is 0.0843. The summed E-state index contributed by atoms with van der Waals surface area (Å²) in [6.07, 6.45) is 2.38. The summed E-state index contributed by atoms with van der Waals surface area (Å²) in [5.74, 6) is 1.16. The summed E-state index contributed by atoms with van der Waals surface area (Å²) in [6.45, 7) is 5.93. The Balaban J connectivity index is 2.10. The number of aliphatic hydroxyl groups excluding tert-OH is 1. The van der Waals surface area contributed by atoms with E-state index in [1.807, 2.05) is 4.90 Å². The second-order valence-corrected chi connectivity index (χ2v) is 5.58. The van der Waals surface area contributed by atoms with Gasteiger partial charge in [-0.1, -0.05) is 13.8 Å². The molecule has 2 rings (SSSR count). The van der Waals surface area contributed by atoms with Crippen LogP contribution >= 0.6 is 0 Å². The smallest absolute Gasteiger partial charge is 0.248 e. The Kier molecular flexibility index (Phi) is 4.05. The molecule has 17 heavy (non-hydrogen) atoms. The van der Waals surface area contributed by atoms with Gasteiger partial charge in [-0.05, 0) is 31.1 Å². The van der Waals surface area contributed by atoms with Crippen LogP contribution in [-0.2, 0) is 9.53 Å². The maximum atomic E-state index is 11.9. The molecule has 4 heteroatoms. The van der Waals surface area contributed by atoms with Crippen molar-refractivity contribution in [3.05, 3.63) is 0 Å². The van der Waals surface area contributed by atoms with Gasteiger partial charge in [-0.15, -0.1) is 0 Å². The molecule has 2 aliphatic rings. The fraction of sp³-hybridized carbons (Fsp3) is 0.923. The number of hydrogen-bond donors (Lipinski definition) is 1. The van der Waals surface area contributed by atoms with Crippen molar-refractivity contribution in [3.8, 4) is 0 Å². The SMILES string of the molecule is CC(C)C1CCC(O)CC1N1CCOCC1=O. The maximum absolute atomic E-state index is 11.9. The molecule has 1 aliphatic heterocycles. The standard InChI is InChI=1S/C13H23NO3/c1-9(2)11-4-3-10(15)7-12(11)14-5-6-17-8-13(14)16/h9-12,15H,3-8H2,1-2H3. The van der Waals surface area contributed by atoms with E-state index in [9.17, 15) is 9.90 Å². The monoisotopic (exact) mass is 241 g/mol. The number of nitrogens with zero attached hydrogens (tertiary/aromatic N) is 1. The summed E-state index contributed by atoms with van der Waals surface area (Å²) in [5.41, 5.74) is 0. The molecular weight excluding hydrogens is 218 g/mol. The van der Waals surface area contributed by atoms with Gasteiger partial charge >= 0.3 is 0 Å². The highest BCUT2D eigenvalue weighted by molar-refractivity contribution is 5.78. The lowest BCUT2D eigenvalue weighted by Gasteiger charge is -2.44. The van der Waals surface area contributed by atoms with Crippen LogP contribution in [0.15, 0.2) is 0 Å². The molecule has 3 atom stereocenters. The first-order valence-electron chi connectivity index (χ1n) is 6.65. The quantitative estimate of drug-likeness (QED) is 0.785. The highest BCUT2D eigenvalue weighted by atomic mass is 16.5. The van der Waals surface area contributed by atoms with Gasteiger partial charge in [0.15, 0.2) is 0 Å². The number of morpholine rings is 1. The third-order valence-electron chi connectivity index (χ3n) is 4.12. The summed E-state index contributed by atoms with van der Waals surface area (Å²) >= 11 is 0. The third kappa shape index (κ3) is 2.80. The molecule has 1 heterocycles. The van der Waals surface area contributed by atoms with Crippen molar-refractivity contribution in [1.82, 2.24) is 4.90 Å². The zero-order chi connectivity index (χ0) is 12.4. The van der Waals surface area contributed by atoms with Crippen LogP contribution in [0.1, 0.15) is 33.1 Å². The minimum Gasteiger partial charge on any atom is -0.393 e. The predicted molar refractivity (Wildman–Crippen MR) is 64.5 cm³/mol.